The zero-order chi connectivity index (χ0) is 21.5. The van der Waals surface area contributed by atoms with Crippen LogP contribution in [0.3, 0.4) is 0 Å². The molecule has 8 nitrogen and oxygen atoms in total. The fourth-order valence-corrected chi connectivity index (χ4v) is 6.52. The second-order valence-corrected chi connectivity index (χ2v) is 10.8. The molecule has 0 aliphatic carbocycles. The van der Waals surface area contributed by atoms with E-state index in [-0.39, 0.29) is 28.8 Å². The van der Waals surface area contributed by atoms with Crippen LogP contribution in [0.4, 0.5) is 5.69 Å². The summed E-state index contributed by atoms with van der Waals surface area (Å²) in [6, 6.07) is 4.05. The van der Waals surface area contributed by atoms with Crippen molar-refractivity contribution in [2.45, 2.75) is 58.0 Å². The monoisotopic (exact) mass is 436 g/mol. The summed E-state index contributed by atoms with van der Waals surface area (Å²) in [5, 5.41) is 0. The second kappa shape index (κ2) is 8.34. The third-order valence-corrected chi connectivity index (χ3v) is 8.27. The van der Waals surface area contributed by atoms with Gasteiger partial charge in [0.15, 0.2) is 0 Å². The number of piperidine rings is 2. The van der Waals surface area contributed by atoms with Crippen LogP contribution in [0.1, 0.15) is 51.1 Å². The Balaban J connectivity index is 1.50. The molecule has 0 saturated carbocycles. The molecule has 2 saturated heterocycles. The minimum atomic E-state index is -3.49. The van der Waals surface area contributed by atoms with Crippen LogP contribution in [0, 0.1) is 5.92 Å². The average Bonchev–Trinajstić information content (AvgIpc) is 2.70. The first kappa shape index (κ1) is 21.4. The summed E-state index contributed by atoms with van der Waals surface area (Å²) in [5.74, 6) is 0.846. The van der Waals surface area contributed by atoms with Gasteiger partial charge in [-0.1, -0.05) is 6.92 Å². The molecule has 4 heterocycles. The van der Waals surface area contributed by atoms with Crippen LogP contribution in [0.5, 0.6) is 0 Å². The van der Waals surface area contributed by atoms with Crippen molar-refractivity contribution in [2.75, 3.05) is 36.7 Å². The van der Waals surface area contributed by atoms with Gasteiger partial charge in [0.25, 0.3) is 5.56 Å². The van der Waals surface area contributed by atoms with Crippen molar-refractivity contribution in [3.63, 3.8) is 0 Å². The van der Waals surface area contributed by atoms with Gasteiger partial charge in [-0.15, -0.1) is 0 Å². The fourth-order valence-electron chi connectivity index (χ4n) is 5.39. The minimum Gasteiger partial charge on any atom is -0.343 e. The molecule has 30 heavy (non-hydrogen) atoms. The first-order valence-electron chi connectivity index (χ1n) is 11.0. The number of sulfonamides is 1. The SMILES string of the molecule is CCCS(=O)(=O)Nc1ccc2n(c1=O)C[C@H]1C[C@@H]2CN(C2CCN(C(C)=O)CC2)C1. The number of nitrogens with zero attached hydrogens (tertiary/aromatic N) is 3. The molecule has 1 aromatic rings. The van der Waals surface area contributed by atoms with Crippen LogP contribution in [-0.4, -0.2) is 66.7 Å². The lowest BCUT2D eigenvalue weighted by Gasteiger charge is -2.47. The molecular weight excluding hydrogens is 404 g/mol. The molecule has 3 aliphatic rings. The van der Waals surface area contributed by atoms with E-state index in [0.29, 0.717) is 24.9 Å². The van der Waals surface area contributed by atoms with Crippen LogP contribution in [-0.2, 0) is 21.4 Å². The van der Waals surface area contributed by atoms with E-state index in [1.54, 1.807) is 24.5 Å². The van der Waals surface area contributed by atoms with Crippen molar-refractivity contribution in [1.82, 2.24) is 14.4 Å². The lowest BCUT2D eigenvalue weighted by molar-refractivity contribution is -0.130. The number of hydrogen-bond donors (Lipinski definition) is 1. The molecule has 0 aromatic carbocycles. The Kier molecular flexibility index (Phi) is 5.94. The number of pyridine rings is 1. The highest BCUT2D eigenvalue weighted by molar-refractivity contribution is 7.92. The zero-order valence-corrected chi connectivity index (χ0v) is 18.7. The number of fused-ring (bicyclic) bond motifs is 4. The van der Waals surface area contributed by atoms with Gasteiger partial charge in [0, 0.05) is 57.3 Å². The number of rotatable bonds is 5. The molecule has 4 rings (SSSR count). The maximum atomic E-state index is 13.0. The number of nitrogens with one attached hydrogen (secondary N) is 1. The Morgan fingerprint density at radius 2 is 1.90 bits per heavy atom. The average molecular weight is 437 g/mol. The molecule has 0 spiro atoms. The molecule has 3 aliphatic heterocycles. The molecular formula is C21H32N4O4S. The quantitative estimate of drug-likeness (QED) is 0.754. The Morgan fingerprint density at radius 1 is 1.17 bits per heavy atom. The minimum absolute atomic E-state index is 0.0108. The lowest BCUT2D eigenvalue weighted by atomic mass is 9.82. The summed E-state index contributed by atoms with van der Waals surface area (Å²) in [4.78, 5) is 29.1. The Morgan fingerprint density at radius 3 is 2.57 bits per heavy atom. The van der Waals surface area contributed by atoms with E-state index in [1.807, 2.05) is 11.0 Å². The molecule has 2 atom stereocenters. The number of amides is 1. The van der Waals surface area contributed by atoms with Gasteiger partial charge in [-0.05, 0) is 43.7 Å². The topological polar surface area (TPSA) is 91.7 Å². The lowest BCUT2D eigenvalue weighted by Crippen LogP contribution is -2.53. The first-order chi connectivity index (χ1) is 14.3. The number of aromatic nitrogens is 1. The highest BCUT2D eigenvalue weighted by atomic mass is 32.2. The highest BCUT2D eigenvalue weighted by Crippen LogP contribution is 2.37. The number of anilines is 1. The van der Waals surface area contributed by atoms with Gasteiger partial charge in [0.1, 0.15) is 5.69 Å². The first-order valence-corrected chi connectivity index (χ1v) is 12.7. The molecule has 2 fully saturated rings. The van der Waals surface area contributed by atoms with Crippen molar-refractivity contribution in [2.24, 2.45) is 5.92 Å². The van der Waals surface area contributed by atoms with Gasteiger partial charge >= 0.3 is 0 Å². The van der Waals surface area contributed by atoms with E-state index < -0.39 is 10.0 Å². The van der Waals surface area contributed by atoms with Crippen LogP contribution in [0.25, 0.3) is 0 Å². The highest BCUT2D eigenvalue weighted by Gasteiger charge is 2.38. The van der Waals surface area contributed by atoms with E-state index in [4.69, 9.17) is 0 Å². The third-order valence-electron chi connectivity index (χ3n) is 6.80. The Hall–Kier alpha value is -1.87. The largest absolute Gasteiger partial charge is 0.343 e. The summed E-state index contributed by atoms with van der Waals surface area (Å²) in [5.41, 5.74) is 0.936. The maximum absolute atomic E-state index is 13.0. The zero-order valence-electron chi connectivity index (χ0n) is 17.8. The summed E-state index contributed by atoms with van der Waals surface area (Å²) < 4.78 is 28.5. The van der Waals surface area contributed by atoms with E-state index in [0.717, 1.165) is 51.1 Å². The predicted molar refractivity (Wildman–Crippen MR) is 116 cm³/mol. The molecule has 1 aromatic heterocycles. The van der Waals surface area contributed by atoms with Gasteiger partial charge in [-0.2, -0.15) is 0 Å². The van der Waals surface area contributed by atoms with Gasteiger partial charge in [-0.3, -0.25) is 19.2 Å². The summed E-state index contributed by atoms with van der Waals surface area (Å²) in [6.07, 6.45) is 3.59. The van der Waals surface area contributed by atoms with Gasteiger partial charge in [0.05, 0.1) is 5.75 Å². The maximum Gasteiger partial charge on any atom is 0.275 e. The van der Waals surface area contributed by atoms with Crippen molar-refractivity contribution in [3.05, 3.63) is 28.2 Å². The van der Waals surface area contributed by atoms with Crippen molar-refractivity contribution in [3.8, 4) is 0 Å². The Bertz CT molecular complexity index is 966. The molecule has 2 bridgehead atoms. The van der Waals surface area contributed by atoms with Crippen LogP contribution >= 0.6 is 0 Å². The van der Waals surface area contributed by atoms with Crippen LogP contribution < -0.4 is 10.3 Å². The number of carbonyl (C=O) groups is 1. The Labute approximate surface area is 178 Å². The van der Waals surface area contributed by atoms with Gasteiger partial charge in [-0.25, -0.2) is 8.42 Å². The normalized spacial score (nSPS) is 25.1. The van der Waals surface area contributed by atoms with E-state index >= 15 is 0 Å². The van der Waals surface area contributed by atoms with Crippen molar-refractivity contribution >= 4 is 21.6 Å². The number of likely N-dealkylation sites (tertiary alicyclic amines) is 2. The summed E-state index contributed by atoms with van der Waals surface area (Å²) in [6.45, 7) is 7.59. The van der Waals surface area contributed by atoms with Crippen LogP contribution in [0.15, 0.2) is 16.9 Å². The molecule has 1 amide bonds. The smallest absolute Gasteiger partial charge is 0.275 e. The predicted octanol–water partition coefficient (Wildman–Crippen LogP) is 1.43. The molecule has 0 unspecified atom stereocenters. The summed E-state index contributed by atoms with van der Waals surface area (Å²) in [7, 11) is -3.49. The molecule has 9 heteroatoms. The second-order valence-electron chi connectivity index (χ2n) is 9.00. The fraction of sp³-hybridized carbons (Fsp3) is 0.714. The van der Waals surface area contributed by atoms with Crippen molar-refractivity contribution < 1.29 is 13.2 Å². The molecule has 0 radical (unpaired) electrons. The summed E-state index contributed by atoms with van der Waals surface area (Å²) >= 11 is 0. The van der Waals surface area contributed by atoms with E-state index in [1.165, 1.54) is 0 Å². The van der Waals surface area contributed by atoms with Gasteiger partial charge < -0.3 is 9.47 Å². The van der Waals surface area contributed by atoms with E-state index in [9.17, 15) is 18.0 Å². The third kappa shape index (κ3) is 4.27. The number of carbonyl (C=O) groups excluding carboxylic acids is 1. The standard InChI is InChI=1S/C21H32N4O4S/c1-3-10-30(28,29)22-19-4-5-20-17-11-16(13-25(20)21(19)27)12-24(14-17)18-6-8-23(9-7-18)15(2)26/h4-5,16-18,22H,3,6-14H2,1-2H3/t16-,17+/m0/s1. The van der Waals surface area contributed by atoms with Gasteiger partial charge in [0.2, 0.25) is 15.9 Å². The van der Waals surface area contributed by atoms with Crippen LogP contribution in [0.2, 0.25) is 0 Å². The molecule has 166 valence electrons. The molecule has 1 N–H and O–H groups in total. The van der Waals surface area contributed by atoms with Crippen molar-refractivity contribution in [1.29, 1.82) is 0 Å². The number of hydrogen-bond acceptors (Lipinski definition) is 5. The van der Waals surface area contributed by atoms with E-state index in [2.05, 4.69) is 9.62 Å².